The van der Waals surface area contributed by atoms with E-state index in [1.54, 1.807) is 4.90 Å². The van der Waals surface area contributed by atoms with E-state index in [0.717, 1.165) is 24.8 Å². The van der Waals surface area contributed by atoms with E-state index in [9.17, 15) is 13.2 Å². The molecular formula is C24H33N3O3S. The van der Waals surface area contributed by atoms with Gasteiger partial charge in [0.25, 0.3) is 0 Å². The number of piperidine rings is 1. The minimum atomic E-state index is -3.37. The van der Waals surface area contributed by atoms with Crippen LogP contribution < -0.4 is 10.0 Å². The second-order valence-corrected chi connectivity index (χ2v) is 10.2. The summed E-state index contributed by atoms with van der Waals surface area (Å²) in [6.07, 6.45) is 4.11. The van der Waals surface area contributed by atoms with Crippen molar-refractivity contribution in [2.45, 2.75) is 51.6 Å². The van der Waals surface area contributed by atoms with E-state index in [-0.39, 0.29) is 18.1 Å². The molecule has 1 aliphatic rings. The van der Waals surface area contributed by atoms with E-state index >= 15 is 0 Å². The highest BCUT2D eigenvalue weighted by Gasteiger charge is 2.35. The van der Waals surface area contributed by atoms with Crippen molar-refractivity contribution in [3.05, 3.63) is 70.8 Å². The number of benzene rings is 2. The Kier molecular flexibility index (Phi) is 7.73. The zero-order chi connectivity index (χ0) is 22.4. The fourth-order valence-corrected chi connectivity index (χ4v) is 5.10. The van der Waals surface area contributed by atoms with Crippen LogP contribution in [0.4, 0.5) is 4.79 Å². The zero-order valence-corrected chi connectivity index (χ0v) is 19.4. The predicted octanol–water partition coefficient (Wildman–Crippen LogP) is 3.24. The summed E-state index contributed by atoms with van der Waals surface area (Å²) in [7, 11) is -3.37. The van der Waals surface area contributed by atoms with Crippen LogP contribution in [0.5, 0.6) is 0 Å². The number of carbonyl (C=O) groups is 1. The van der Waals surface area contributed by atoms with Gasteiger partial charge in [-0.15, -0.1) is 0 Å². The summed E-state index contributed by atoms with van der Waals surface area (Å²) in [6, 6.07) is 16.2. The standard InChI is InChI=1S/C24H33N3O3S/c1-4-25-24(28)27-14-6-9-22(26-31(3,29)30)23(27)17-21-8-5-7-20(16-21)15-19-12-10-18(2)11-13-19/h5,7-8,10-13,16,22-23,26H,4,6,9,14-15,17H2,1-3H3,(H,25,28)/t22-,23-/m1/s1. The minimum Gasteiger partial charge on any atom is -0.338 e. The Morgan fingerprint density at radius 2 is 1.81 bits per heavy atom. The smallest absolute Gasteiger partial charge is 0.317 e. The van der Waals surface area contributed by atoms with E-state index < -0.39 is 10.0 Å². The summed E-state index contributed by atoms with van der Waals surface area (Å²) >= 11 is 0. The number of urea groups is 1. The predicted molar refractivity (Wildman–Crippen MR) is 125 cm³/mol. The molecule has 0 unspecified atom stereocenters. The summed E-state index contributed by atoms with van der Waals surface area (Å²) in [5.41, 5.74) is 4.80. The van der Waals surface area contributed by atoms with E-state index in [4.69, 9.17) is 0 Å². The van der Waals surface area contributed by atoms with Gasteiger partial charge in [0.1, 0.15) is 0 Å². The lowest BCUT2D eigenvalue weighted by atomic mass is 9.90. The van der Waals surface area contributed by atoms with Gasteiger partial charge in [-0.05, 0) is 56.2 Å². The van der Waals surface area contributed by atoms with Crippen LogP contribution in [0.1, 0.15) is 42.0 Å². The van der Waals surface area contributed by atoms with Gasteiger partial charge in [-0.1, -0.05) is 54.1 Å². The van der Waals surface area contributed by atoms with Crippen LogP contribution in [0.3, 0.4) is 0 Å². The Morgan fingerprint density at radius 3 is 2.48 bits per heavy atom. The van der Waals surface area contributed by atoms with Crippen molar-refractivity contribution in [3.8, 4) is 0 Å². The molecule has 2 aromatic rings. The van der Waals surface area contributed by atoms with Crippen LogP contribution in [0, 0.1) is 6.92 Å². The Morgan fingerprint density at radius 1 is 1.10 bits per heavy atom. The van der Waals surface area contributed by atoms with Gasteiger partial charge < -0.3 is 10.2 Å². The molecular weight excluding hydrogens is 410 g/mol. The van der Waals surface area contributed by atoms with Crippen molar-refractivity contribution in [1.29, 1.82) is 0 Å². The summed E-state index contributed by atoms with van der Waals surface area (Å²) in [5, 5.41) is 2.87. The number of amides is 2. The lowest BCUT2D eigenvalue weighted by molar-refractivity contribution is 0.134. The van der Waals surface area contributed by atoms with E-state index in [2.05, 4.69) is 59.4 Å². The second kappa shape index (κ2) is 10.3. The van der Waals surface area contributed by atoms with Gasteiger partial charge >= 0.3 is 6.03 Å². The topological polar surface area (TPSA) is 78.5 Å². The number of nitrogens with one attached hydrogen (secondary N) is 2. The van der Waals surface area contributed by atoms with Crippen molar-refractivity contribution in [3.63, 3.8) is 0 Å². The van der Waals surface area contributed by atoms with Gasteiger partial charge in [-0.3, -0.25) is 0 Å². The molecule has 168 valence electrons. The number of nitrogens with zero attached hydrogens (tertiary/aromatic N) is 1. The number of aryl methyl sites for hydroxylation is 1. The molecule has 6 nitrogen and oxygen atoms in total. The summed E-state index contributed by atoms with van der Waals surface area (Å²) < 4.78 is 26.7. The molecule has 7 heteroatoms. The Labute approximate surface area is 186 Å². The molecule has 3 rings (SSSR count). The molecule has 2 atom stereocenters. The third-order valence-electron chi connectivity index (χ3n) is 5.70. The van der Waals surface area contributed by atoms with E-state index in [1.165, 1.54) is 22.9 Å². The first-order valence-electron chi connectivity index (χ1n) is 10.9. The van der Waals surface area contributed by atoms with Crippen LogP contribution in [-0.2, 0) is 22.9 Å². The maximum absolute atomic E-state index is 12.7. The molecule has 2 amide bonds. The molecule has 0 saturated carbocycles. The summed E-state index contributed by atoms with van der Waals surface area (Å²) in [5.74, 6) is 0. The molecule has 0 radical (unpaired) electrons. The Balaban J connectivity index is 1.82. The SMILES string of the molecule is CCNC(=O)N1CCC[C@@H](NS(C)(=O)=O)[C@H]1Cc1cccc(Cc2ccc(C)cc2)c1. The Bertz CT molecular complexity index is 989. The average molecular weight is 444 g/mol. The van der Waals surface area contributed by atoms with Crippen molar-refractivity contribution in [1.82, 2.24) is 14.9 Å². The van der Waals surface area contributed by atoms with E-state index in [1.807, 2.05) is 13.0 Å². The van der Waals surface area contributed by atoms with Crippen LogP contribution in [0.15, 0.2) is 48.5 Å². The molecule has 1 saturated heterocycles. The van der Waals surface area contributed by atoms with Gasteiger partial charge in [-0.2, -0.15) is 0 Å². The highest BCUT2D eigenvalue weighted by Crippen LogP contribution is 2.23. The third-order valence-corrected chi connectivity index (χ3v) is 6.43. The highest BCUT2D eigenvalue weighted by atomic mass is 32.2. The third kappa shape index (κ3) is 6.80. The molecule has 1 fully saturated rings. The second-order valence-electron chi connectivity index (χ2n) is 8.42. The van der Waals surface area contributed by atoms with Crippen molar-refractivity contribution in [2.24, 2.45) is 0 Å². The first kappa shape index (κ1) is 23.3. The van der Waals surface area contributed by atoms with Gasteiger partial charge in [0.2, 0.25) is 10.0 Å². The molecule has 0 aromatic heterocycles. The number of sulfonamides is 1. The van der Waals surface area contributed by atoms with E-state index in [0.29, 0.717) is 19.5 Å². The van der Waals surface area contributed by atoms with Crippen molar-refractivity contribution >= 4 is 16.1 Å². The first-order chi connectivity index (χ1) is 14.7. The first-order valence-corrected chi connectivity index (χ1v) is 12.8. The van der Waals surface area contributed by atoms with Crippen molar-refractivity contribution in [2.75, 3.05) is 19.3 Å². The lowest BCUT2D eigenvalue weighted by Crippen LogP contribution is -2.59. The maximum Gasteiger partial charge on any atom is 0.317 e. The molecule has 2 aromatic carbocycles. The fraction of sp³-hybridized carbons (Fsp3) is 0.458. The maximum atomic E-state index is 12.7. The Hall–Kier alpha value is -2.38. The molecule has 1 aliphatic heterocycles. The van der Waals surface area contributed by atoms with Gasteiger partial charge in [0, 0.05) is 19.1 Å². The normalized spacial score (nSPS) is 19.3. The zero-order valence-electron chi connectivity index (χ0n) is 18.6. The minimum absolute atomic E-state index is 0.136. The summed E-state index contributed by atoms with van der Waals surface area (Å²) in [6.45, 7) is 5.13. The summed E-state index contributed by atoms with van der Waals surface area (Å²) in [4.78, 5) is 14.5. The molecule has 0 bridgehead atoms. The molecule has 0 spiro atoms. The van der Waals surface area contributed by atoms with Gasteiger partial charge in [-0.25, -0.2) is 17.9 Å². The van der Waals surface area contributed by atoms with Gasteiger partial charge in [0.15, 0.2) is 0 Å². The number of likely N-dealkylation sites (tertiary alicyclic amines) is 1. The van der Waals surface area contributed by atoms with Crippen LogP contribution >= 0.6 is 0 Å². The fourth-order valence-electron chi connectivity index (χ4n) is 4.28. The number of carbonyl (C=O) groups excluding carboxylic acids is 1. The monoisotopic (exact) mass is 443 g/mol. The quantitative estimate of drug-likeness (QED) is 0.690. The van der Waals surface area contributed by atoms with Crippen LogP contribution in [-0.4, -0.2) is 50.8 Å². The molecule has 1 heterocycles. The van der Waals surface area contributed by atoms with Crippen molar-refractivity contribution < 1.29 is 13.2 Å². The molecule has 31 heavy (non-hydrogen) atoms. The highest BCUT2D eigenvalue weighted by molar-refractivity contribution is 7.88. The average Bonchev–Trinajstić information content (AvgIpc) is 2.70. The molecule has 2 N–H and O–H groups in total. The number of hydrogen-bond donors (Lipinski definition) is 2. The van der Waals surface area contributed by atoms with Crippen LogP contribution in [0.2, 0.25) is 0 Å². The number of hydrogen-bond acceptors (Lipinski definition) is 3. The largest absolute Gasteiger partial charge is 0.338 e. The van der Waals surface area contributed by atoms with Gasteiger partial charge in [0.05, 0.1) is 12.3 Å². The molecule has 0 aliphatic carbocycles. The number of rotatable bonds is 7. The lowest BCUT2D eigenvalue weighted by Gasteiger charge is -2.41. The van der Waals surface area contributed by atoms with Crippen LogP contribution in [0.25, 0.3) is 0 Å².